The number of amides is 2. The van der Waals surface area contributed by atoms with Gasteiger partial charge in [-0.25, -0.2) is 9.29 Å². The highest BCUT2D eigenvalue weighted by Crippen LogP contribution is 2.25. The zero-order chi connectivity index (χ0) is 31.4. The van der Waals surface area contributed by atoms with Crippen molar-refractivity contribution in [1.82, 2.24) is 19.9 Å². The minimum absolute atomic E-state index is 0.00638. The predicted molar refractivity (Wildman–Crippen MR) is 172 cm³/mol. The molecule has 0 radical (unpaired) electrons. The Labute approximate surface area is 261 Å². The summed E-state index contributed by atoms with van der Waals surface area (Å²) in [6, 6.07) is 27.9. The van der Waals surface area contributed by atoms with Crippen LogP contribution in [-0.4, -0.2) is 60.5 Å². The number of aromatic nitrogens is 1. The van der Waals surface area contributed by atoms with Crippen LogP contribution in [0.5, 0.6) is 0 Å². The van der Waals surface area contributed by atoms with Crippen molar-refractivity contribution in [2.45, 2.75) is 36.4 Å². The molecule has 0 spiro atoms. The van der Waals surface area contributed by atoms with Crippen molar-refractivity contribution in [3.63, 3.8) is 0 Å². The van der Waals surface area contributed by atoms with Crippen LogP contribution < -0.4 is 10.6 Å². The van der Waals surface area contributed by atoms with E-state index in [0.717, 1.165) is 16.2 Å². The molecule has 1 aromatic heterocycles. The number of pyridine rings is 1. The number of benzene rings is 4. The van der Waals surface area contributed by atoms with E-state index < -0.39 is 39.7 Å². The maximum atomic E-state index is 14.7. The molecule has 2 atom stereocenters. The molecule has 45 heavy (non-hydrogen) atoms. The van der Waals surface area contributed by atoms with E-state index in [0.29, 0.717) is 33.8 Å². The van der Waals surface area contributed by atoms with Crippen LogP contribution in [0.15, 0.2) is 114 Å². The number of ketones is 1. The van der Waals surface area contributed by atoms with Crippen LogP contribution in [0.25, 0.3) is 21.5 Å². The molecule has 0 saturated carbocycles. The van der Waals surface area contributed by atoms with E-state index >= 15 is 0 Å². The Morgan fingerprint density at radius 1 is 0.889 bits per heavy atom. The number of carbonyl (C=O) groups is 3. The number of fused-ring (bicyclic) bond motifs is 2. The molecule has 1 fully saturated rings. The van der Waals surface area contributed by atoms with Crippen LogP contribution in [0.4, 0.5) is 0 Å². The van der Waals surface area contributed by atoms with Gasteiger partial charge in [0.05, 0.1) is 6.54 Å². The van der Waals surface area contributed by atoms with Crippen molar-refractivity contribution in [1.29, 1.82) is 0 Å². The SMILES string of the molecule is O=C(NC(Cc1ccc2ccccc2c1)C(=O)N([C@H]1CCCNCC1=O)S(=O)(=O)c1ccccn1)c1cccc2ccccc12. The maximum Gasteiger partial charge on any atom is 0.284 e. The quantitative estimate of drug-likeness (QED) is 0.266. The molecule has 1 aliphatic heterocycles. The summed E-state index contributed by atoms with van der Waals surface area (Å²) in [5.41, 5.74) is 1.06. The lowest BCUT2D eigenvalue weighted by molar-refractivity contribution is -0.135. The van der Waals surface area contributed by atoms with Crippen molar-refractivity contribution in [2.24, 2.45) is 0 Å². The molecule has 2 amide bonds. The molecule has 2 heterocycles. The number of hydrogen-bond acceptors (Lipinski definition) is 7. The van der Waals surface area contributed by atoms with Gasteiger partial charge in [0.15, 0.2) is 10.8 Å². The monoisotopic (exact) mass is 620 g/mol. The summed E-state index contributed by atoms with van der Waals surface area (Å²) in [6.07, 6.45) is 1.94. The number of nitrogens with zero attached hydrogens (tertiary/aromatic N) is 2. The van der Waals surface area contributed by atoms with Crippen LogP contribution >= 0.6 is 0 Å². The lowest BCUT2D eigenvalue weighted by atomic mass is 9.99. The third-order valence-electron chi connectivity index (χ3n) is 8.05. The van der Waals surface area contributed by atoms with Gasteiger partial charge in [-0.3, -0.25) is 14.4 Å². The Bertz CT molecular complexity index is 1990. The first kappa shape index (κ1) is 30.1. The second kappa shape index (κ2) is 13.0. The molecule has 228 valence electrons. The van der Waals surface area contributed by atoms with Gasteiger partial charge in [0.2, 0.25) is 0 Å². The van der Waals surface area contributed by atoms with Gasteiger partial charge in [0, 0.05) is 18.2 Å². The molecule has 9 nitrogen and oxygen atoms in total. The molecule has 0 aliphatic carbocycles. The second-order valence-electron chi connectivity index (χ2n) is 11.0. The summed E-state index contributed by atoms with van der Waals surface area (Å²) in [5, 5.41) is 8.97. The molecule has 10 heteroatoms. The minimum Gasteiger partial charge on any atom is -0.340 e. The number of sulfonamides is 1. The minimum atomic E-state index is -4.58. The Balaban J connectivity index is 1.44. The molecule has 0 bridgehead atoms. The molecule has 5 aromatic rings. The maximum absolute atomic E-state index is 14.7. The van der Waals surface area contributed by atoms with Crippen molar-refractivity contribution in [2.75, 3.05) is 13.1 Å². The van der Waals surface area contributed by atoms with Gasteiger partial charge in [-0.2, -0.15) is 8.42 Å². The fourth-order valence-electron chi connectivity index (χ4n) is 5.81. The number of Topliss-reactive ketones (excluding diaryl/α,β-unsaturated/α-hetero) is 1. The molecule has 6 rings (SSSR count). The average Bonchev–Trinajstić information content (AvgIpc) is 3.28. The molecule has 1 aliphatic rings. The molecule has 4 aromatic carbocycles. The van der Waals surface area contributed by atoms with Gasteiger partial charge in [-0.15, -0.1) is 0 Å². The Morgan fingerprint density at radius 2 is 1.62 bits per heavy atom. The lowest BCUT2D eigenvalue weighted by Crippen LogP contribution is -2.57. The summed E-state index contributed by atoms with van der Waals surface area (Å²) in [7, 11) is -4.58. The molecular weight excluding hydrogens is 588 g/mol. The van der Waals surface area contributed by atoms with Crippen molar-refractivity contribution < 1.29 is 22.8 Å². The first-order valence-corrected chi connectivity index (χ1v) is 16.3. The van der Waals surface area contributed by atoms with E-state index in [2.05, 4.69) is 15.6 Å². The van der Waals surface area contributed by atoms with E-state index in [1.54, 1.807) is 18.2 Å². The number of rotatable bonds is 8. The summed E-state index contributed by atoms with van der Waals surface area (Å²) >= 11 is 0. The van der Waals surface area contributed by atoms with Gasteiger partial charge < -0.3 is 10.6 Å². The van der Waals surface area contributed by atoms with E-state index in [1.165, 1.54) is 18.3 Å². The van der Waals surface area contributed by atoms with Gasteiger partial charge in [-0.05, 0) is 64.7 Å². The fraction of sp³-hybridized carbons (Fsp3) is 0.200. The van der Waals surface area contributed by atoms with Crippen LogP contribution in [0.1, 0.15) is 28.8 Å². The zero-order valence-corrected chi connectivity index (χ0v) is 25.2. The molecule has 2 N–H and O–H groups in total. The van der Waals surface area contributed by atoms with Crippen LogP contribution in [0, 0.1) is 0 Å². The van der Waals surface area contributed by atoms with Gasteiger partial charge in [0.1, 0.15) is 12.1 Å². The Morgan fingerprint density at radius 3 is 2.42 bits per heavy atom. The van der Waals surface area contributed by atoms with Crippen molar-refractivity contribution >= 4 is 49.2 Å². The van der Waals surface area contributed by atoms with E-state index in [1.807, 2.05) is 72.8 Å². The normalized spacial score (nSPS) is 16.2. The highest BCUT2D eigenvalue weighted by atomic mass is 32.2. The standard InChI is InChI=1S/C35H32N4O5S/c40-32-23-36-19-8-15-31(32)39(45(43,44)33-16-5-6-20-37-33)35(42)30(22-24-17-18-25-9-1-2-11-27(25)21-24)38-34(41)29-14-7-12-26-10-3-4-13-28(26)29/h1-7,9-14,16-18,20-21,30-31,36H,8,15,19,22-23H2,(H,38,41)/t30?,31-/m0/s1. The first-order chi connectivity index (χ1) is 21.8. The van der Waals surface area contributed by atoms with Crippen LogP contribution in [-0.2, 0) is 26.0 Å². The van der Waals surface area contributed by atoms with Gasteiger partial charge in [-0.1, -0.05) is 84.9 Å². The van der Waals surface area contributed by atoms with Crippen molar-refractivity contribution in [3.05, 3.63) is 120 Å². The highest BCUT2D eigenvalue weighted by molar-refractivity contribution is 7.89. The summed E-state index contributed by atoms with van der Waals surface area (Å²) in [4.78, 5) is 45.9. The lowest BCUT2D eigenvalue weighted by Gasteiger charge is -2.32. The average molecular weight is 621 g/mol. The third kappa shape index (κ3) is 6.33. The van der Waals surface area contributed by atoms with Crippen LogP contribution in [0.3, 0.4) is 0 Å². The van der Waals surface area contributed by atoms with Gasteiger partial charge >= 0.3 is 0 Å². The first-order valence-electron chi connectivity index (χ1n) is 14.8. The molecule has 1 unspecified atom stereocenters. The second-order valence-corrected chi connectivity index (χ2v) is 12.8. The summed E-state index contributed by atoms with van der Waals surface area (Å²) in [5.74, 6) is -1.86. The molecular formula is C35H32N4O5S. The fourth-order valence-corrected chi connectivity index (χ4v) is 7.38. The van der Waals surface area contributed by atoms with E-state index in [4.69, 9.17) is 0 Å². The topological polar surface area (TPSA) is 126 Å². The largest absolute Gasteiger partial charge is 0.340 e. The van der Waals surface area contributed by atoms with Crippen LogP contribution in [0.2, 0.25) is 0 Å². The number of carbonyl (C=O) groups excluding carboxylic acids is 3. The Hall–Kier alpha value is -4.93. The van der Waals surface area contributed by atoms with E-state index in [-0.39, 0.29) is 24.4 Å². The number of nitrogens with one attached hydrogen (secondary N) is 2. The van der Waals surface area contributed by atoms with E-state index in [9.17, 15) is 22.8 Å². The summed E-state index contributed by atoms with van der Waals surface area (Å²) in [6.45, 7) is 0.427. The Kier molecular flexibility index (Phi) is 8.68. The highest BCUT2D eigenvalue weighted by Gasteiger charge is 2.43. The zero-order valence-electron chi connectivity index (χ0n) is 24.4. The number of hydrogen-bond donors (Lipinski definition) is 2. The third-order valence-corrected chi connectivity index (χ3v) is 9.78. The van der Waals surface area contributed by atoms with Gasteiger partial charge in [0.25, 0.3) is 21.8 Å². The smallest absolute Gasteiger partial charge is 0.284 e. The predicted octanol–water partition coefficient (Wildman–Crippen LogP) is 4.27. The van der Waals surface area contributed by atoms with Crippen molar-refractivity contribution in [3.8, 4) is 0 Å². The molecule has 1 saturated heterocycles. The summed E-state index contributed by atoms with van der Waals surface area (Å²) < 4.78 is 29.0.